The Morgan fingerprint density at radius 1 is 1.24 bits per heavy atom. The molecule has 1 saturated carbocycles. The molecular formula is C21H21F2N3O3. The van der Waals surface area contributed by atoms with E-state index < -0.39 is 12.2 Å². The van der Waals surface area contributed by atoms with Gasteiger partial charge < -0.3 is 15.2 Å². The molecule has 1 fully saturated rings. The largest absolute Gasteiger partial charge is 0.435 e. The lowest BCUT2D eigenvalue weighted by molar-refractivity contribution is -0.122. The van der Waals surface area contributed by atoms with Gasteiger partial charge in [-0.1, -0.05) is 36.4 Å². The van der Waals surface area contributed by atoms with E-state index in [-0.39, 0.29) is 17.6 Å². The van der Waals surface area contributed by atoms with Crippen molar-refractivity contribution in [1.29, 1.82) is 0 Å². The first-order valence-corrected chi connectivity index (χ1v) is 9.25. The molecule has 2 aromatic rings. The molecule has 152 valence electrons. The number of hydrogen-bond donors (Lipinski definition) is 2. The molecule has 0 saturated heterocycles. The highest BCUT2D eigenvalue weighted by atomic mass is 19.3. The smallest absolute Gasteiger partial charge is 0.387 e. The van der Waals surface area contributed by atoms with E-state index in [1.54, 1.807) is 19.2 Å². The summed E-state index contributed by atoms with van der Waals surface area (Å²) in [6.45, 7) is -2.23. The maximum atomic E-state index is 13.0. The molecule has 3 unspecified atom stereocenters. The van der Waals surface area contributed by atoms with Crippen LogP contribution in [0.2, 0.25) is 0 Å². The van der Waals surface area contributed by atoms with Gasteiger partial charge in [-0.05, 0) is 47.1 Å². The summed E-state index contributed by atoms with van der Waals surface area (Å²) in [6.07, 6.45) is 1.03. The van der Waals surface area contributed by atoms with Crippen LogP contribution >= 0.6 is 0 Å². The predicted octanol–water partition coefficient (Wildman–Crippen LogP) is 2.73. The van der Waals surface area contributed by atoms with Gasteiger partial charge in [-0.15, -0.1) is 0 Å². The molecule has 1 heterocycles. The number of ether oxygens (including phenoxy) is 2. The molecule has 8 heteroatoms. The van der Waals surface area contributed by atoms with E-state index >= 15 is 0 Å². The average molecular weight is 401 g/mol. The SMILES string of the molecule is COCC1CC1c1cccc(C2(c3ccc(OC(F)F)cc3)N=C(N)NC2=O)c1. The van der Waals surface area contributed by atoms with Crippen LogP contribution in [0.25, 0.3) is 0 Å². The number of rotatable bonds is 7. The number of halogens is 2. The van der Waals surface area contributed by atoms with Crippen molar-refractivity contribution in [3.8, 4) is 5.75 Å². The van der Waals surface area contributed by atoms with Gasteiger partial charge in [0.25, 0.3) is 5.91 Å². The summed E-state index contributed by atoms with van der Waals surface area (Å²) in [5.74, 6) is 0.460. The highest BCUT2D eigenvalue weighted by molar-refractivity contribution is 6.09. The summed E-state index contributed by atoms with van der Waals surface area (Å²) >= 11 is 0. The molecule has 0 aromatic heterocycles. The second-order valence-electron chi connectivity index (χ2n) is 7.25. The molecule has 0 spiro atoms. The molecule has 6 nitrogen and oxygen atoms in total. The monoisotopic (exact) mass is 401 g/mol. The van der Waals surface area contributed by atoms with Crippen LogP contribution in [-0.4, -0.2) is 32.2 Å². The summed E-state index contributed by atoms with van der Waals surface area (Å²) in [7, 11) is 1.68. The molecule has 2 aliphatic rings. The van der Waals surface area contributed by atoms with Gasteiger partial charge in [0.1, 0.15) is 5.75 Å². The van der Waals surface area contributed by atoms with Crippen LogP contribution in [0.1, 0.15) is 29.0 Å². The minimum atomic E-state index is -2.92. The Hall–Kier alpha value is -3.00. The zero-order chi connectivity index (χ0) is 20.6. The van der Waals surface area contributed by atoms with E-state index in [9.17, 15) is 13.6 Å². The highest BCUT2D eigenvalue weighted by Crippen LogP contribution is 2.48. The van der Waals surface area contributed by atoms with E-state index in [0.717, 1.165) is 12.0 Å². The van der Waals surface area contributed by atoms with Gasteiger partial charge in [0.15, 0.2) is 11.5 Å². The molecule has 0 radical (unpaired) electrons. The Morgan fingerprint density at radius 2 is 2.00 bits per heavy atom. The first-order valence-electron chi connectivity index (χ1n) is 9.25. The lowest BCUT2D eigenvalue weighted by atomic mass is 9.82. The number of carbonyl (C=O) groups excluding carboxylic acids is 1. The maximum absolute atomic E-state index is 13.0. The Balaban J connectivity index is 1.73. The molecule has 1 aliphatic heterocycles. The van der Waals surface area contributed by atoms with Gasteiger partial charge in [0, 0.05) is 13.7 Å². The van der Waals surface area contributed by atoms with Crippen molar-refractivity contribution in [3.05, 3.63) is 65.2 Å². The number of hydrogen-bond acceptors (Lipinski definition) is 5. The Morgan fingerprint density at radius 3 is 2.62 bits per heavy atom. The standard InChI is InChI=1S/C21H21F2N3O3/c1-28-11-13-10-17(13)12-3-2-4-15(9-12)21(18(27)25-20(24)26-21)14-5-7-16(8-6-14)29-19(22)23/h2-9,13,17,19H,10-11H2,1H3,(H3,24,25,26,27). The zero-order valence-corrected chi connectivity index (χ0v) is 15.8. The molecule has 3 atom stereocenters. The van der Waals surface area contributed by atoms with Crippen molar-refractivity contribution < 1.29 is 23.0 Å². The third-order valence-electron chi connectivity index (χ3n) is 5.39. The number of guanidine groups is 1. The predicted molar refractivity (Wildman–Crippen MR) is 103 cm³/mol. The first-order chi connectivity index (χ1) is 13.9. The lowest BCUT2D eigenvalue weighted by Gasteiger charge is -2.25. The third-order valence-corrected chi connectivity index (χ3v) is 5.39. The fourth-order valence-corrected chi connectivity index (χ4v) is 3.95. The number of amides is 1. The molecule has 1 amide bonds. The van der Waals surface area contributed by atoms with Crippen LogP contribution in [-0.2, 0) is 15.1 Å². The molecule has 0 bridgehead atoms. The van der Waals surface area contributed by atoms with Crippen LogP contribution in [0, 0.1) is 5.92 Å². The summed E-state index contributed by atoms with van der Waals surface area (Å²) in [6, 6.07) is 13.6. The Bertz CT molecular complexity index is 948. The quantitative estimate of drug-likeness (QED) is 0.747. The number of benzene rings is 2. The van der Waals surface area contributed by atoms with Crippen molar-refractivity contribution in [2.45, 2.75) is 24.5 Å². The Labute approximate surface area is 166 Å². The number of carbonyl (C=O) groups is 1. The van der Waals surface area contributed by atoms with E-state index in [1.165, 1.54) is 12.1 Å². The van der Waals surface area contributed by atoms with Gasteiger partial charge in [-0.3, -0.25) is 10.1 Å². The van der Waals surface area contributed by atoms with Crippen molar-refractivity contribution >= 4 is 11.9 Å². The van der Waals surface area contributed by atoms with E-state index in [4.69, 9.17) is 10.5 Å². The maximum Gasteiger partial charge on any atom is 0.387 e. The summed E-state index contributed by atoms with van der Waals surface area (Å²) in [5.41, 5.74) is 6.73. The van der Waals surface area contributed by atoms with E-state index in [2.05, 4.69) is 15.0 Å². The molecule has 2 aromatic carbocycles. The average Bonchev–Trinajstić information content (AvgIpc) is 3.39. The first kappa shape index (κ1) is 19.3. The molecule has 3 N–H and O–H groups in total. The number of methoxy groups -OCH3 is 1. The van der Waals surface area contributed by atoms with Gasteiger partial charge in [-0.25, -0.2) is 4.99 Å². The number of nitrogens with zero attached hydrogens (tertiary/aromatic N) is 1. The van der Waals surface area contributed by atoms with E-state index in [1.807, 2.05) is 24.3 Å². The summed E-state index contributed by atoms with van der Waals surface area (Å²) in [4.78, 5) is 17.4. The molecular weight excluding hydrogens is 380 g/mol. The molecule has 1 aliphatic carbocycles. The van der Waals surface area contributed by atoms with Crippen LogP contribution < -0.4 is 15.8 Å². The van der Waals surface area contributed by atoms with Gasteiger partial charge >= 0.3 is 6.61 Å². The van der Waals surface area contributed by atoms with Gasteiger partial charge in [-0.2, -0.15) is 8.78 Å². The molecule has 4 rings (SSSR count). The molecule has 29 heavy (non-hydrogen) atoms. The van der Waals surface area contributed by atoms with Crippen molar-refractivity contribution in [3.63, 3.8) is 0 Å². The number of nitrogens with two attached hydrogens (primary N) is 1. The lowest BCUT2D eigenvalue weighted by Crippen LogP contribution is -2.39. The normalized spacial score (nSPS) is 25.7. The number of nitrogens with one attached hydrogen (secondary N) is 1. The number of alkyl halides is 2. The van der Waals surface area contributed by atoms with Crippen molar-refractivity contribution in [1.82, 2.24) is 5.32 Å². The van der Waals surface area contributed by atoms with Crippen molar-refractivity contribution in [2.24, 2.45) is 16.6 Å². The summed E-state index contributed by atoms with van der Waals surface area (Å²) in [5, 5.41) is 2.56. The van der Waals surface area contributed by atoms with Gasteiger partial charge in [0.2, 0.25) is 0 Å². The van der Waals surface area contributed by atoms with Crippen molar-refractivity contribution in [2.75, 3.05) is 13.7 Å². The fourth-order valence-electron chi connectivity index (χ4n) is 3.95. The Kier molecular flexibility index (Phi) is 4.96. The van der Waals surface area contributed by atoms with E-state index in [0.29, 0.717) is 29.6 Å². The minimum Gasteiger partial charge on any atom is -0.435 e. The van der Waals surface area contributed by atoms with Crippen LogP contribution in [0.15, 0.2) is 53.5 Å². The zero-order valence-electron chi connectivity index (χ0n) is 15.8. The van der Waals surface area contributed by atoms with Crippen LogP contribution in [0.4, 0.5) is 8.78 Å². The second kappa shape index (κ2) is 7.44. The second-order valence-corrected chi connectivity index (χ2v) is 7.25. The third kappa shape index (κ3) is 3.55. The van der Waals surface area contributed by atoms with Crippen LogP contribution in [0.5, 0.6) is 5.75 Å². The van der Waals surface area contributed by atoms with Crippen LogP contribution in [0.3, 0.4) is 0 Å². The van der Waals surface area contributed by atoms with Gasteiger partial charge in [0.05, 0.1) is 0 Å². The minimum absolute atomic E-state index is 0.00314. The topological polar surface area (TPSA) is 85.9 Å². The fraction of sp³-hybridized carbons (Fsp3) is 0.333. The number of aliphatic imine (C=N–C) groups is 1. The highest BCUT2D eigenvalue weighted by Gasteiger charge is 2.47. The summed E-state index contributed by atoms with van der Waals surface area (Å²) < 4.78 is 34.6.